The second kappa shape index (κ2) is 7.72. The fourth-order valence-corrected chi connectivity index (χ4v) is 3.81. The average Bonchev–Trinajstić information content (AvgIpc) is 3.27. The summed E-state index contributed by atoms with van der Waals surface area (Å²) in [4.78, 5) is 28.7. The number of hydrogen-bond acceptors (Lipinski definition) is 5. The van der Waals surface area contributed by atoms with Gasteiger partial charge >= 0.3 is 0 Å². The van der Waals surface area contributed by atoms with E-state index in [1.807, 2.05) is 23.1 Å². The summed E-state index contributed by atoms with van der Waals surface area (Å²) in [6.45, 7) is 3.52. The standard InChI is InChI=1S/C18H23N3O4.ClH/c19-9-12-3-4-20(10-12)18(23)13-7-17(22)21(11-13)14-1-2-15-16(8-14)25-6-5-24-15;/h1-2,8,12-13H,3-7,9-11,19H2;1H. The Morgan fingerprint density at radius 3 is 2.69 bits per heavy atom. The minimum absolute atomic E-state index is 0. The van der Waals surface area contributed by atoms with Crippen LogP contribution < -0.4 is 20.1 Å². The van der Waals surface area contributed by atoms with Gasteiger partial charge < -0.3 is 25.0 Å². The molecule has 0 aliphatic carbocycles. The Kier molecular flexibility index (Phi) is 5.58. The topological polar surface area (TPSA) is 85.1 Å². The van der Waals surface area contributed by atoms with Gasteiger partial charge in [-0.2, -0.15) is 0 Å². The molecule has 2 amide bonds. The molecule has 2 unspecified atom stereocenters. The van der Waals surface area contributed by atoms with Gasteiger partial charge in [0.2, 0.25) is 11.8 Å². The number of nitrogens with two attached hydrogens (primary N) is 1. The van der Waals surface area contributed by atoms with Gasteiger partial charge in [-0.3, -0.25) is 9.59 Å². The monoisotopic (exact) mass is 381 g/mol. The summed E-state index contributed by atoms with van der Waals surface area (Å²) in [5.41, 5.74) is 6.46. The molecular formula is C18H24ClN3O4. The number of benzene rings is 1. The van der Waals surface area contributed by atoms with Gasteiger partial charge in [0.15, 0.2) is 11.5 Å². The van der Waals surface area contributed by atoms with Crippen LogP contribution in [0.15, 0.2) is 18.2 Å². The van der Waals surface area contributed by atoms with Crippen LogP contribution >= 0.6 is 12.4 Å². The van der Waals surface area contributed by atoms with Crippen molar-refractivity contribution in [3.63, 3.8) is 0 Å². The fraction of sp³-hybridized carbons (Fsp3) is 0.556. The SMILES string of the molecule is Cl.NCC1CCN(C(=O)C2CC(=O)N(c3ccc4c(c3)OCCO4)C2)C1. The third-order valence-electron chi connectivity index (χ3n) is 5.24. The Bertz CT molecular complexity index is 699. The fourth-order valence-electron chi connectivity index (χ4n) is 3.81. The van der Waals surface area contributed by atoms with Crippen LogP contribution in [0, 0.1) is 11.8 Å². The van der Waals surface area contributed by atoms with Gasteiger partial charge in [-0.15, -0.1) is 12.4 Å². The van der Waals surface area contributed by atoms with E-state index in [1.54, 1.807) is 4.90 Å². The molecule has 3 aliphatic heterocycles. The van der Waals surface area contributed by atoms with E-state index in [4.69, 9.17) is 15.2 Å². The number of carbonyl (C=O) groups is 2. The van der Waals surface area contributed by atoms with Crippen molar-refractivity contribution in [3.8, 4) is 11.5 Å². The molecule has 0 saturated carbocycles. The van der Waals surface area contributed by atoms with E-state index < -0.39 is 0 Å². The van der Waals surface area contributed by atoms with Gasteiger partial charge in [0.05, 0.1) is 5.92 Å². The zero-order valence-corrected chi connectivity index (χ0v) is 15.4. The zero-order chi connectivity index (χ0) is 17.4. The summed E-state index contributed by atoms with van der Waals surface area (Å²) >= 11 is 0. The highest BCUT2D eigenvalue weighted by Crippen LogP contribution is 2.36. The summed E-state index contributed by atoms with van der Waals surface area (Å²) in [5.74, 6) is 1.50. The van der Waals surface area contributed by atoms with Gasteiger partial charge in [-0.1, -0.05) is 0 Å². The molecule has 2 N–H and O–H groups in total. The van der Waals surface area contributed by atoms with Crippen molar-refractivity contribution in [2.75, 3.05) is 44.3 Å². The molecule has 0 aromatic heterocycles. The van der Waals surface area contributed by atoms with Crippen LogP contribution in [-0.4, -0.2) is 56.1 Å². The summed E-state index contributed by atoms with van der Waals surface area (Å²) in [7, 11) is 0. The number of hydrogen-bond donors (Lipinski definition) is 1. The summed E-state index contributed by atoms with van der Waals surface area (Å²) < 4.78 is 11.1. The second-order valence-corrected chi connectivity index (χ2v) is 6.91. The Morgan fingerprint density at radius 2 is 1.96 bits per heavy atom. The van der Waals surface area contributed by atoms with E-state index in [2.05, 4.69) is 0 Å². The van der Waals surface area contributed by atoms with Crippen LogP contribution in [0.3, 0.4) is 0 Å². The van der Waals surface area contributed by atoms with E-state index in [-0.39, 0.29) is 36.6 Å². The molecule has 1 aromatic rings. The lowest BCUT2D eigenvalue weighted by Crippen LogP contribution is -2.36. The van der Waals surface area contributed by atoms with Crippen LogP contribution in [-0.2, 0) is 9.59 Å². The molecule has 0 radical (unpaired) electrons. The minimum Gasteiger partial charge on any atom is -0.486 e. The highest BCUT2D eigenvalue weighted by Gasteiger charge is 2.39. The molecule has 3 aliphatic rings. The Balaban J connectivity index is 0.00000196. The van der Waals surface area contributed by atoms with Crippen LogP contribution in [0.5, 0.6) is 11.5 Å². The number of ether oxygens (including phenoxy) is 2. The van der Waals surface area contributed by atoms with Gasteiger partial charge in [0.1, 0.15) is 13.2 Å². The van der Waals surface area contributed by atoms with E-state index in [0.717, 1.165) is 18.7 Å². The van der Waals surface area contributed by atoms with Crippen molar-refractivity contribution in [2.24, 2.45) is 17.6 Å². The van der Waals surface area contributed by atoms with Crippen molar-refractivity contribution in [3.05, 3.63) is 18.2 Å². The molecule has 26 heavy (non-hydrogen) atoms. The highest BCUT2D eigenvalue weighted by atomic mass is 35.5. The molecular weight excluding hydrogens is 358 g/mol. The lowest BCUT2D eigenvalue weighted by Gasteiger charge is -2.23. The molecule has 4 rings (SSSR count). The molecule has 2 fully saturated rings. The Labute approximate surface area is 158 Å². The van der Waals surface area contributed by atoms with Gasteiger partial charge in [-0.25, -0.2) is 0 Å². The number of rotatable bonds is 3. The van der Waals surface area contributed by atoms with Crippen molar-refractivity contribution in [2.45, 2.75) is 12.8 Å². The molecule has 3 heterocycles. The predicted octanol–water partition coefficient (Wildman–Crippen LogP) is 1.04. The maximum absolute atomic E-state index is 12.7. The Morgan fingerprint density at radius 1 is 1.19 bits per heavy atom. The first-order chi connectivity index (χ1) is 12.2. The normalized spacial score (nSPS) is 24.6. The number of carbonyl (C=O) groups excluding carboxylic acids is 2. The van der Waals surface area contributed by atoms with E-state index >= 15 is 0 Å². The lowest BCUT2D eigenvalue weighted by molar-refractivity contribution is -0.134. The van der Waals surface area contributed by atoms with Crippen LogP contribution in [0.4, 0.5) is 5.69 Å². The first-order valence-electron chi connectivity index (χ1n) is 8.84. The molecule has 2 saturated heterocycles. The third kappa shape index (κ3) is 3.46. The number of nitrogens with zero attached hydrogens (tertiary/aromatic N) is 2. The Hall–Kier alpha value is -1.99. The van der Waals surface area contributed by atoms with E-state index in [1.165, 1.54) is 0 Å². The summed E-state index contributed by atoms with van der Waals surface area (Å²) in [6, 6.07) is 5.48. The van der Waals surface area contributed by atoms with Crippen molar-refractivity contribution in [1.82, 2.24) is 4.90 Å². The van der Waals surface area contributed by atoms with Crippen molar-refractivity contribution in [1.29, 1.82) is 0 Å². The molecule has 7 nitrogen and oxygen atoms in total. The lowest BCUT2D eigenvalue weighted by atomic mass is 10.1. The molecule has 0 spiro atoms. The maximum atomic E-state index is 12.7. The molecule has 8 heteroatoms. The van der Waals surface area contributed by atoms with E-state index in [9.17, 15) is 9.59 Å². The zero-order valence-electron chi connectivity index (χ0n) is 14.6. The van der Waals surface area contributed by atoms with Crippen molar-refractivity contribution >= 4 is 29.9 Å². The number of likely N-dealkylation sites (tertiary alicyclic amines) is 1. The number of halogens is 1. The smallest absolute Gasteiger partial charge is 0.228 e. The predicted molar refractivity (Wildman–Crippen MR) is 98.9 cm³/mol. The van der Waals surface area contributed by atoms with E-state index in [0.29, 0.717) is 50.3 Å². The van der Waals surface area contributed by atoms with Gasteiger partial charge in [-0.05, 0) is 31.0 Å². The largest absolute Gasteiger partial charge is 0.486 e. The summed E-state index contributed by atoms with van der Waals surface area (Å²) in [5, 5.41) is 0. The first-order valence-corrected chi connectivity index (χ1v) is 8.84. The van der Waals surface area contributed by atoms with Gasteiger partial charge in [0.25, 0.3) is 0 Å². The first kappa shape index (κ1) is 18.8. The number of fused-ring (bicyclic) bond motifs is 1. The highest BCUT2D eigenvalue weighted by molar-refractivity contribution is 6.00. The average molecular weight is 382 g/mol. The quantitative estimate of drug-likeness (QED) is 0.845. The minimum atomic E-state index is -0.280. The number of amides is 2. The van der Waals surface area contributed by atoms with Crippen LogP contribution in [0.2, 0.25) is 0 Å². The third-order valence-corrected chi connectivity index (χ3v) is 5.24. The number of anilines is 1. The molecule has 1 aromatic carbocycles. The second-order valence-electron chi connectivity index (χ2n) is 6.91. The molecule has 142 valence electrons. The van der Waals surface area contributed by atoms with Gasteiger partial charge in [0, 0.05) is 37.8 Å². The van der Waals surface area contributed by atoms with Crippen LogP contribution in [0.1, 0.15) is 12.8 Å². The van der Waals surface area contributed by atoms with Crippen molar-refractivity contribution < 1.29 is 19.1 Å². The van der Waals surface area contributed by atoms with Crippen LogP contribution in [0.25, 0.3) is 0 Å². The summed E-state index contributed by atoms with van der Waals surface area (Å²) in [6.07, 6.45) is 1.21. The molecule has 2 atom stereocenters. The molecule has 0 bridgehead atoms. The maximum Gasteiger partial charge on any atom is 0.228 e.